The van der Waals surface area contributed by atoms with Gasteiger partial charge in [0.1, 0.15) is 11.4 Å². The molecule has 0 spiro atoms. The molecule has 1 aromatic carbocycles. The number of hydrogen-bond acceptors (Lipinski definition) is 6. The molecule has 11 heteroatoms. The van der Waals surface area contributed by atoms with Crippen molar-refractivity contribution in [3.63, 3.8) is 0 Å². The minimum absolute atomic E-state index is 0.0289. The van der Waals surface area contributed by atoms with Gasteiger partial charge >= 0.3 is 5.97 Å². The number of benzene rings is 1. The second-order valence-electron chi connectivity index (χ2n) is 5.95. The second-order valence-corrected chi connectivity index (χ2v) is 8.16. The third-order valence-corrected chi connectivity index (χ3v) is 6.32. The maximum Gasteiger partial charge on any atom is 0.342 e. The summed E-state index contributed by atoms with van der Waals surface area (Å²) in [5.74, 6) is -1.58. The predicted molar refractivity (Wildman–Crippen MR) is 96.1 cm³/mol. The van der Waals surface area contributed by atoms with E-state index in [9.17, 15) is 22.4 Å². The zero-order chi connectivity index (χ0) is 20.5. The second kappa shape index (κ2) is 7.90. The summed E-state index contributed by atoms with van der Waals surface area (Å²) in [5.41, 5.74) is 0.131. The van der Waals surface area contributed by atoms with Crippen LogP contribution >= 0.6 is 11.6 Å². The Kier molecular flexibility index (Phi) is 5.73. The van der Waals surface area contributed by atoms with Gasteiger partial charge in [0, 0.05) is 37.8 Å². The summed E-state index contributed by atoms with van der Waals surface area (Å²) >= 11 is 5.78. The molecule has 1 aliphatic rings. The van der Waals surface area contributed by atoms with E-state index in [1.54, 1.807) is 0 Å². The fraction of sp³-hybridized carbons (Fsp3) is 0.294. The summed E-state index contributed by atoms with van der Waals surface area (Å²) < 4.78 is 49.1. The number of ether oxygens (including phenoxy) is 1. The fourth-order valence-electron chi connectivity index (χ4n) is 2.76. The van der Waals surface area contributed by atoms with Crippen LogP contribution in [0.2, 0.25) is 5.22 Å². The lowest BCUT2D eigenvalue weighted by atomic mass is 10.2. The van der Waals surface area contributed by atoms with Crippen molar-refractivity contribution >= 4 is 33.5 Å². The van der Waals surface area contributed by atoms with Crippen molar-refractivity contribution in [2.75, 3.05) is 33.3 Å². The smallest absolute Gasteiger partial charge is 0.342 e. The summed E-state index contributed by atoms with van der Waals surface area (Å²) in [6.07, 6.45) is 0. The number of hydrogen-bond donors (Lipinski definition) is 0. The van der Waals surface area contributed by atoms with Gasteiger partial charge in [0.05, 0.1) is 7.11 Å². The molecule has 1 amide bonds. The number of methoxy groups -OCH3 is 1. The average molecular weight is 431 g/mol. The molecule has 28 heavy (non-hydrogen) atoms. The highest BCUT2D eigenvalue weighted by Crippen LogP contribution is 2.27. The van der Waals surface area contributed by atoms with E-state index in [2.05, 4.69) is 4.74 Å². The number of nitrogens with zero attached hydrogens (tertiary/aromatic N) is 2. The van der Waals surface area contributed by atoms with Crippen LogP contribution < -0.4 is 0 Å². The number of esters is 1. The van der Waals surface area contributed by atoms with E-state index >= 15 is 0 Å². The van der Waals surface area contributed by atoms with Crippen LogP contribution in [0.25, 0.3) is 0 Å². The van der Waals surface area contributed by atoms with Crippen molar-refractivity contribution in [1.29, 1.82) is 0 Å². The van der Waals surface area contributed by atoms with Crippen molar-refractivity contribution in [2.24, 2.45) is 0 Å². The van der Waals surface area contributed by atoms with Crippen LogP contribution in [0.1, 0.15) is 20.7 Å². The van der Waals surface area contributed by atoms with Gasteiger partial charge in [-0.05, 0) is 35.9 Å². The van der Waals surface area contributed by atoms with Crippen LogP contribution in [0, 0.1) is 5.82 Å². The average Bonchev–Trinajstić information content (AvgIpc) is 3.10. The van der Waals surface area contributed by atoms with E-state index in [0.29, 0.717) is 5.56 Å². The minimum Gasteiger partial charge on any atom is -0.465 e. The van der Waals surface area contributed by atoms with Crippen LogP contribution in [0.3, 0.4) is 0 Å². The lowest BCUT2D eigenvalue weighted by Crippen LogP contribution is -2.50. The molecule has 1 fully saturated rings. The number of halogens is 2. The van der Waals surface area contributed by atoms with Crippen LogP contribution in [-0.4, -0.2) is 62.8 Å². The highest BCUT2D eigenvalue weighted by molar-refractivity contribution is 7.89. The minimum atomic E-state index is -4.04. The standard InChI is InChI=1S/C17H16ClFN2O6S/c1-26-17(23)13-10-14(27-15(13)18)28(24,25)21-8-6-20(7-9-21)16(22)11-2-4-12(19)5-3-11/h2-5,10H,6-9H2,1H3. The first-order chi connectivity index (χ1) is 13.2. The van der Waals surface area contributed by atoms with Crippen LogP contribution in [0.5, 0.6) is 0 Å². The van der Waals surface area contributed by atoms with Crippen LogP contribution in [0.15, 0.2) is 39.8 Å². The summed E-state index contributed by atoms with van der Waals surface area (Å²) in [6.45, 7) is 0.351. The summed E-state index contributed by atoms with van der Waals surface area (Å²) in [6, 6.07) is 6.14. The Bertz CT molecular complexity index is 997. The number of amides is 1. The highest BCUT2D eigenvalue weighted by atomic mass is 35.5. The van der Waals surface area contributed by atoms with Gasteiger partial charge in [-0.2, -0.15) is 4.31 Å². The molecule has 0 radical (unpaired) electrons. The van der Waals surface area contributed by atoms with E-state index in [4.69, 9.17) is 16.0 Å². The predicted octanol–water partition coefficient (Wildman–Crippen LogP) is 2.01. The first-order valence-electron chi connectivity index (χ1n) is 8.16. The lowest BCUT2D eigenvalue weighted by Gasteiger charge is -2.33. The largest absolute Gasteiger partial charge is 0.465 e. The molecule has 1 aliphatic heterocycles. The molecular formula is C17H16ClFN2O6S. The quantitative estimate of drug-likeness (QED) is 0.688. The van der Waals surface area contributed by atoms with Gasteiger partial charge in [0.2, 0.25) is 10.3 Å². The van der Waals surface area contributed by atoms with Gasteiger partial charge in [-0.25, -0.2) is 17.6 Å². The van der Waals surface area contributed by atoms with Gasteiger partial charge < -0.3 is 14.1 Å². The summed E-state index contributed by atoms with van der Waals surface area (Å²) in [7, 11) is -2.90. The normalized spacial score (nSPS) is 15.5. The fourth-order valence-corrected chi connectivity index (χ4v) is 4.37. The number of rotatable bonds is 4. The van der Waals surface area contributed by atoms with E-state index in [-0.39, 0.29) is 42.9 Å². The molecule has 1 saturated heterocycles. The Labute approximate surface area is 165 Å². The van der Waals surface area contributed by atoms with Gasteiger partial charge in [0.15, 0.2) is 0 Å². The Morgan fingerprint density at radius 2 is 1.75 bits per heavy atom. The number of carbonyl (C=O) groups excluding carboxylic acids is 2. The molecule has 0 atom stereocenters. The number of carbonyl (C=O) groups is 2. The Balaban J connectivity index is 1.71. The molecule has 8 nitrogen and oxygen atoms in total. The molecule has 0 saturated carbocycles. The Morgan fingerprint density at radius 3 is 2.32 bits per heavy atom. The number of sulfonamides is 1. The third kappa shape index (κ3) is 3.89. The van der Waals surface area contributed by atoms with E-state index in [0.717, 1.165) is 17.5 Å². The SMILES string of the molecule is COC(=O)c1cc(S(=O)(=O)N2CCN(C(=O)c3ccc(F)cc3)CC2)oc1Cl. The molecule has 1 aromatic heterocycles. The van der Waals surface area contributed by atoms with Crippen molar-refractivity contribution in [2.45, 2.75) is 5.09 Å². The molecule has 0 unspecified atom stereocenters. The molecule has 2 aromatic rings. The van der Waals surface area contributed by atoms with Crippen molar-refractivity contribution < 1.29 is 31.6 Å². The molecule has 0 bridgehead atoms. The maximum absolute atomic E-state index is 13.0. The molecule has 0 N–H and O–H groups in total. The molecule has 2 heterocycles. The zero-order valence-corrected chi connectivity index (χ0v) is 16.3. The van der Waals surface area contributed by atoms with E-state index in [1.807, 2.05) is 0 Å². The van der Waals surface area contributed by atoms with E-state index in [1.165, 1.54) is 29.2 Å². The molecule has 3 rings (SSSR count). The summed E-state index contributed by atoms with van der Waals surface area (Å²) in [5, 5.41) is -0.855. The third-order valence-electron chi connectivity index (χ3n) is 4.28. The first kappa shape index (κ1) is 20.3. The topological polar surface area (TPSA) is 97.1 Å². The number of furan rings is 1. The van der Waals surface area contributed by atoms with Gasteiger partial charge in [-0.15, -0.1) is 0 Å². The van der Waals surface area contributed by atoms with Gasteiger partial charge in [-0.3, -0.25) is 4.79 Å². The molecule has 150 valence electrons. The molecule has 0 aliphatic carbocycles. The van der Waals surface area contributed by atoms with Gasteiger partial charge in [0.25, 0.3) is 15.9 Å². The van der Waals surface area contributed by atoms with Crippen molar-refractivity contribution in [3.8, 4) is 0 Å². The highest BCUT2D eigenvalue weighted by Gasteiger charge is 2.34. The van der Waals surface area contributed by atoms with Gasteiger partial charge in [-0.1, -0.05) is 0 Å². The van der Waals surface area contributed by atoms with Crippen molar-refractivity contribution in [1.82, 2.24) is 9.21 Å². The Morgan fingerprint density at radius 1 is 1.14 bits per heavy atom. The van der Waals surface area contributed by atoms with Crippen molar-refractivity contribution in [3.05, 3.63) is 52.5 Å². The van der Waals surface area contributed by atoms with E-state index < -0.39 is 26.9 Å². The van der Waals surface area contributed by atoms with Crippen LogP contribution in [-0.2, 0) is 14.8 Å². The Hall–Kier alpha value is -2.43. The zero-order valence-electron chi connectivity index (χ0n) is 14.7. The lowest BCUT2D eigenvalue weighted by molar-refractivity contribution is 0.0599. The first-order valence-corrected chi connectivity index (χ1v) is 9.98. The monoisotopic (exact) mass is 430 g/mol. The maximum atomic E-state index is 13.0. The van der Waals surface area contributed by atoms with Crippen LogP contribution in [0.4, 0.5) is 4.39 Å². The molecular weight excluding hydrogens is 415 g/mol. The summed E-state index contributed by atoms with van der Waals surface area (Å²) in [4.78, 5) is 25.5. The number of piperazine rings is 1.